The lowest BCUT2D eigenvalue weighted by molar-refractivity contribution is 0.0690. The Bertz CT molecular complexity index is 831. The average Bonchev–Trinajstić information content (AvgIpc) is 2.53. The molecule has 1 aromatic heterocycles. The molecule has 0 amide bonds. The van der Waals surface area contributed by atoms with Gasteiger partial charge in [-0.05, 0) is 29.8 Å². The first-order valence-electron chi connectivity index (χ1n) is 6.64. The smallest absolute Gasteiger partial charge is 0.354 e. The van der Waals surface area contributed by atoms with E-state index in [1.165, 1.54) is 18.2 Å². The third-order valence-corrected chi connectivity index (χ3v) is 3.20. The highest BCUT2D eigenvalue weighted by Crippen LogP contribution is 2.26. The average molecular weight is 297 g/mol. The first kappa shape index (κ1) is 14.0. The molecular formula is C17H12FNO3. The predicted octanol–water partition coefficient (Wildman–Crippen LogP) is 3.65. The van der Waals surface area contributed by atoms with Gasteiger partial charge in [-0.3, -0.25) is 0 Å². The number of para-hydroxylation sites is 1. The van der Waals surface area contributed by atoms with Crippen LogP contribution in [0.2, 0.25) is 0 Å². The molecule has 0 fully saturated rings. The van der Waals surface area contributed by atoms with Crippen LogP contribution >= 0.6 is 0 Å². The van der Waals surface area contributed by atoms with Crippen molar-refractivity contribution in [3.05, 3.63) is 71.7 Å². The highest BCUT2D eigenvalue weighted by molar-refractivity contribution is 5.93. The van der Waals surface area contributed by atoms with Gasteiger partial charge in [-0.2, -0.15) is 0 Å². The van der Waals surface area contributed by atoms with Crippen molar-refractivity contribution in [2.45, 2.75) is 6.61 Å². The molecule has 1 heterocycles. The number of carboxylic acids is 1. The standard InChI is InChI=1S/C17H12FNO3/c18-12-7-5-11(6-8-12)10-22-16-9-15(17(20)21)19-14-4-2-1-3-13(14)16/h1-9H,10H2,(H,20,21). The molecule has 110 valence electrons. The molecule has 3 rings (SSSR count). The number of hydrogen-bond acceptors (Lipinski definition) is 3. The zero-order valence-corrected chi connectivity index (χ0v) is 11.5. The van der Waals surface area contributed by atoms with Crippen LogP contribution in [0, 0.1) is 5.82 Å². The Labute approximate surface area is 125 Å². The van der Waals surface area contributed by atoms with Crippen molar-refractivity contribution in [2.24, 2.45) is 0 Å². The van der Waals surface area contributed by atoms with Crippen molar-refractivity contribution in [1.29, 1.82) is 0 Å². The van der Waals surface area contributed by atoms with E-state index in [0.29, 0.717) is 11.3 Å². The Morgan fingerprint density at radius 3 is 2.59 bits per heavy atom. The van der Waals surface area contributed by atoms with E-state index in [1.807, 2.05) is 12.1 Å². The van der Waals surface area contributed by atoms with Crippen LogP contribution in [0.15, 0.2) is 54.6 Å². The molecule has 0 atom stereocenters. The summed E-state index contributed by atoms with van der Waals surface area (Å²) in [5.74, 6) is -0.990. The number of rotatable bonds is 4. The second-order valence-corrected chi connectivity index (χ2v) is 4.74. The Morgan fingerprint density at radius 1 is 1.14 bits per heavy atom. The van der Waals surface area contributed by atoms with Crippen LogP contribution in [0.5, 0.6) is 5.75 Å². The maximum Gasteiger partial charge on any atom is 0.354 e. The quantitative estimate of drug-likeness (QED) is 0.798. The van der Waals surface area contributed by atoms with E-state index in [-0.39, 0.29) is 18.1 Å². The zero-order chi connectivity index (χ0) is 15.5. The van der Waals surface area contributed by atoms with Gasteiger partial charge in [-0.1, -0.05) is 24.3 Å². The lowest BCUT2D eigenvalue weighted by Crippen LogP contribution is -2.03. The van der Waals surface area contributed by atoms with Gasteiger partial charge in [0, 0.05) is 11.5 Å². The largest absolute Gasteiger partial charge is 0.488 e. The number of nitrogens with zero attached hydrogens (tertiary/aromatic N) is 1. The molecule has 0 aliphatic carbocycles. The highest BCUT2D eigenvalue weighted by atomic mass is 19.1. The number of hydrogen-bond donors (Lipinski definition) is 1. The van der Waals surface area contributed by atoms with Crippen molar-refractivity contribution in [1.82, 2.24) is 4.98 Å². The van der Waals surface area contributed by atoms with E-state index >= 15 is 0 Å². The summed E-state index contributed by atoms with van der Waals surface area (Å²) in [6, 6.07) is 14.5. The molecule has 0 radical (unpaired) electrons. The summed E-state index contributed by atoms with van der Waals surface area (Å²) in [5, 5.41) is 9.86. The molecule has 1 N–H and O–H groups in total. The molecule has 0 unspecified atom stereocenters. The summed E-state index contributed by atoms with van der Waals surface area (Å²) in [5.41, 5.74) is 1.27. The van der Waals surface area contributed by atoms with Crippen LogP contribution in [0.3, 0.4) is 0 Å². The van der Waals surface area contributed by atoms with E-state index < -0.39 is 5.97 Å². The molecule has 2 aromatic carbocycles. The van der Waals surface area contributed by atoms with Gasteiger partial charge in [0.1, 0.15) is 18.2 Å². The number of aromatic nitrogens is 1. The first-order chi connectivity index (χ1) is 10.6. The number of carbonyl (C=O) groups is 1. The van der Waals surface area contributed by atoms with Crippen LogP contribution < -0.4 is 4.74 Å². The Kier molecular flexibility index (Phi) is 3.70. The molecule has 0 saturated carbocycles. The summed E-state index contributed by atoms with van der Waals surface area (Å²) in [7, 11) is 0. The van der Waals surface area contributed by atoms with Crippen molar-refractivity contribution >= 4 is 16.9 Å². The van der Waals surface area contributed by atoms with Crippen LogP contribution in [0.25, 0.3) is 10.9 Å². The Balaban J connectivity index is 1.94. The minimum atomic E-state index is -1.11. The van der Waals surface area contributed by atoms with Crippen molar-refractivity contribution in [3.63, 3.8) is 0 Å². The lowest BCUT2D eigenvalue weighted by Gasteiger charge is -2.10. The van der Waals surface area contributed by atoms with Crippen molar-refractivity contribution in [3.8, 4) is 5.75 Å². The van der Waals surface area contributed by atoms with E-state index in [1.54, 1.807) is 24.3 Å². The zero-order valence-electron chi connectivity index (χ0n) is 11.5. The molecule has 0 aliphatic rings. The molecule has 0 saturated heterocycles. The highest BCUT2D eigenvalue weighted by Gasteiger charge is 2.11. The number of halogens is 1. The molecule has 3 aromatic rings. The number of ether oxygens (including phenoxy) is 1. The topological polar surface area (TPSA) is 59.4 Å². The number of carboxylic acid groups (broad SMARTS) is 1. The number of pyridine rings is 1. The van der Waals surface area contributed by atoms with Gasteiger partial charge in [-0.15, -0.1) is 0 Å². The van der Waals surface area contributed by atoms with E-state index in [2.05, 4.69) is 4.98 Å². The summed E-state index contributed by atoms with van der Waals surface area (Å²) in [6.45, 7) is 0.216. The van der Waals surface area contributed by atoms with E-state index in [0.717, 1.165) is 10.9 Å². The predicted molar refractivity (Wildman–Crippen MR) is 79.4 cm³/mol. The van der Waals surface area contributed by atoms with Crippen molar-refractivity contribution < 1.29 is 19.0 Å². The third-order valence-electron chi connectivity index (χ3n) is 3.20. The molecule has 0 bridgehead atoms. The fraction of sp³-hybridized carbons (Fsp3) is 0.0588. The second-order valence-electron chi connectivity index (χ2n) is 4.74. The van der Waals surface area contributed by atoms with E-state index in [9.17, 15) is 9.18 Å². The summed E-state index contributed by atoms with van der Waals surface area (Å²) >= 11 is 0. The minimum Gasteiger partial charge on any atom is -0.488 e. The van der Waals surface area contributed by atoms with Crippen LogP contribution in [-0.2, 0) is 6.61 Å². The number of aromatic carboxylic acids is 1. The maximum atomic E-state index is 12.9. The van der Waals surface area contributed by atoms with Crippen LogP contribution in [0.4, 0.5) is 4.39 Å². The number of fused-ring (bicyclic) bond motifs is 1. The summed E-state index contributed by atoms with van der Waals surface area (Å²) in [6.07, 6.45) is 0. The molecule has 5 heteroatoms. The minimum absolute atomic E-state index is 0.0761. The van der Waals surface area contributed by atoms with Gasteiger partial charge < -0.3 is 9.84 Å². The lowest BCUT2D eigenvalue weighted by atomic mass is 10.1. The van der Waals surface area contributed by atoms with Crippen LogP contribution in [0.1, 0.15) is 16.1 Å². The molecule has 22 heavy (non-hydrogen) atoms. The van der Waals surface area contributed by atoms with Gasteiger partial charge in [0.05, 0.1) is 5.52 Å². The van der Waals surface area contributed by atoms with Gasteiger partial charge in [0.2, 0.25) is 0 Å². The summed E-state index contributed by atoms with van der Waals surface area (Å²) in [4.78, 5) is 15.2. The molecular weight excluding hydrogens is 285 g/mol. The van der Waals surface area contributed by atoms with Crippen LogP contribution in [-0.4, -0.2) is 16.1 Å². The van der Waals surface area contributed by atoms with Gasteiger partial charge in [0.15, 0.2) is 5.69 Å². The Hall–Kier alpha value is -2.95. The second kappa shape index (κ2) is 5.81. The fourth-order valence-corrected chi connectivity index (χ4v) is 2.11. The molecule has 0 aliphatic heterocycles. The normalized spacial score (nSPS) is 10.6. The van der Waals surface area contributed by atoms with Gasteiger partial charge in [0.25, 0.3) is 0 Å². The molecule has 4 nitrogen and oxygen atoms in total. The van der Waals surface area contributed by atoms with Crippen molar-refractivity contribution in [2.75, 3.05) is 0 Å². The Morgan fingerprint density at radius 2 is 1.86 bits per heavy atom. The monoisotopic (exact) mass is 297 g/mol. The fourth-order valence-electron chi connectivity index (χ4n) is 2.11. The third kappa shape index (κ3) is 2.88. The maximum absolute atomic E-state index is 12.9. The summed E-state index contributed by atoms with van der Waals surface area (Å²) < 4.78 is 18.6. The van der Waals surface area contributed by atoms with Gasteiger partial charge >= 0.3 is 5.97 Å². The van der Waals surface area contributed by atoms with E-state index in [4.69, 9.17) is 9.84 Å². The molecule has 0 spiro atoms. The number of benzene rings is 2. The SMILES string of the molecule is O=C(O)c1cc(OCc2ccc(F)cc2)c2ccccc2n1. The first-order valence-corrected chi connectivity index (χ1v) is 6.64. The van der Waals surface area contributed by atoms with Gasteiger partial charge in [-0.25, -0.2) is 14.2 Å².